The number of fused-ring (bicyclic) bond motifs is 1. The van der Waals surface area contributed by atoms with Crippen molar-refractivity contribution < 1.29 is 4.79 Å². The summed E-state index contributed by atoms with van der Waals surface area (Å²) in [6.45, 7) is 4.74. The Hall–Kier alpha value is -3.69. The minimum absolute atomic E-state index is 0.0444. The maximum Gasteiger partial charge on any atom is 0.228 e. The lowest BCUT2D eigenvalue weighted by Gasteiger charge is -2.34. The molecule has 40 heavy (non-hydrogen) atoms. The molecule has 3 fully saturated rings. The zero-order valence-corrected chi connectivity index (χ0v) is 23.5. The van der Waals surface area contributed by atoms with E-state index in [1.807, 2.05) is 30.3 Å². The van der Waals surface area contributed by atoms with Crippen molar-refractivity contribution in [3.63, 3.8) is 0 Å². The van der Waals surface area contributed by atoms with Gasteiger partial charge in [-0.3, -0.25) is 4.79 Å². The van der Waals surface area contributed by atoms with Crippen LogP contribution < -0.4 is 15.5 Å². The van der Waals surface area contributed by atoms with Crippen molar-refractivity contribution in [2.24, 2.45) is 5.92 Å². The number of imidazole rings is 1. The Morgan fingerprint density at radius 2 is 1.73 bits per heavy atom. The second kappa shape index (κ2) is 11.8. The van der Waals surface area contributed by atoms with Gasteiger partial charge in [-0.1, -0.05) is 29.8 Å². The number of hydrogen-bond donors (Lipinski definition) is 2. The highest BCUT2D eigenvalue weighted by Gasteiger charge is 2.30. The Balaban J connectivity index is 0.000000363. The van der Waals surface area contributed by atoms with E-state index in [2.05, 4.69) is 60.3 Å². The number of pyridine rings is 1. The third kappa shape index (κ3) is 6.71. The maximum atomic E-state index is 12.0. The number of anilines is 3. The average molecular weight is 559 g/mol. The monoisotopic (exact) mass is 558 g/mol. The number of nitrogens with zero attached hydrogens (tertiary/aromatic N) is 6. The number of rotatable bonds is 7. The van der Waals surface area contributed by atoms with Crippen molar-refractivity contribution in [2.45, 2.75) is 38.1 Å². The molecule has 2 N–H and O–H groups in total. The molecule has 4 aromatic rings. The van der Waals surface area contributed by atoms with Crippen LogP contribution in [0, 0.1) is 5.92 Å². The molecule has 0 radical (unpaired) electrons. The molecule has 4 heterocycles. The van der Waals surface area contributed by atoms with Gasteiger partial charge in [0.1, 0.15) is 18.0 Å². The summed E-state index contributed by atoms with van der Waals surface area (Å²) in [5, 5.41) is 7.01. The van der Waals surface area contributed by atoms with Gasteiger partial charge in [0, 0.05) is 55.6 Å². The highest BCUT2D eigenvalue weighted by molar-refractivity contribution is 6.30. The lowest BCUT2D eigenvalue weighted by atomic mass is 10.1. The smallest absolute Gasteiger partial charge is 0.228 e. The molecule has 3 aliphatic rings. The van der Waals surface area contributed by atoms with Crippen LogP contribution in [0.3, 0.4) is 0 Å². The van der Waals surface area contributed by atoms with Gasteiger partial charge in [0.05, 0.1) is 17.9 Å². The van der Waals surface area contributed by atoms with Crippen LogP contribution in [0.4, 0.5) is 17.3 Å². The summed E-state index contributed by atoms with van der Waals surface area (Å²) in [4.78, 5) is 30.3. The minimum atomic E-state index is 0.0444. The second-order valence-electron chi connectivity index (χ2n) is 10.9. The molecular weight excluding hydrogens is 524 g/mol. The van der Waals surface area contributed by atoms with Crippen LogP contribution >= 0.6 is 11.6 Å². The van der Waals surface area contributed by atoms with E-state index in [0.717, 1.165) is 55.4 Å². The summed E-state index contributed by atoms with van der Waals surface area (Å²) in [6.07, 6.45) is 10.3. The molecule has 2 aliphatic carbocycles. The second-order valence-corrected chi connectivity index (χ2v) is 11.3. The van der Waals surface area contributed by atoms with E-state index >= 15 is 0 Å². The normalized spacial score (nSPS) is 17.3. The zero-order valence-electron chi connectivity index (χ0n) is 22.8. The standard InChI is InChI=1S/C24H30N8O.C6H5Cl/c1-30-6-8-31(9-7-30)20-10-18(16-2-3-16)13-32-14-19(28-23(20)32)12-25-21-11-22(27-15-26-21)29-24(33)17-4-5-17;7-6-4-2-1-3-5-6/h10-11,13-17H,2-9,12H2,1H3,(H2,25,26,27,29,33);1-5H. The Kier molecular flexibility index (Phi) is 7.84. The third-order valence-electron chi connectivity index (χ3n) is 7.55. The van der Waals surface area contributed by atoms with E-state index in [1.54, 1.807) is 6.07 Å². The van der Waals surface area contributed by atoms with E-state index < -0.39 is 0 Å². The molecular formula is C30H35ClN8O. The lowest BCUT2D eigenvalue weighted by molar-refractivity contribution is -0.117. The van der Waals surface area contributed by atoms with Crippen molar-refractivity contribution >= 4 is 40.5 Å². The van der Waals surface area contributed by atoms with E-state index in [4.69, 9.17) is 16.6 Å². The Morgan fingerprint density at radius 3 is 2.40 bits per heavy atom. The van der Waals surface area contributed by atoms with Gasteiger partial charge < -0.3 is 24.8 Å². The first-order valence-electron chi connectivity index (χ1n) is 14.0. The van der Waals surface area contributed by atoms with Crippen LogP contribution in [-0.4, -0.2) is 63.4 Å². The third-order valence-corrected chi connectivity index (χ3v) is 7.80. The molecule has 0 unspecified atom stereocenters. The quantitative estimate of drug-likeness (QED) is 0.328. The van der Waals surface area contributed by atoms with Crippen molar-refractivity contribution in [1.82, 2.24) is 24.3 Å². The number of carbonyl (C=O) groups is 1. The molecule has 9 nitrogen and oxygen atoms in total. The van der Waals surface area contributed by atoms with Crippen LogP contribution in [0.5, 0.6) is 0 Å². The predicted octanol–water partition coefficient (Wildman–Crippen LogP) is 5.05. The van der Waals surface area contributed by atoms with Gasteiger partial charge in [0.2, 0.25) is 5.91 Å². The van der Waals surface area contributed by atoms with Crippen LogP contribution in [0.15, 0.2) is 61.2 Å². The highest BCUT2D eigenvalue weighted by atomic mass is 35.5. The molecule has 1 aromatic carbocycles. The fraction of sp³-hybridized carbons (Fsp3) is 0.400. The predicted molar refractivity (Wildman–Crippen MR) is 159 cm³/mol. The van der Waals surface area contributed by atoms with Crippen LogP contribution in [0.25, 0.3) is 5.65 Å². The average Bonchev–Trinajstić information content (AvgIpc) is 3.90. The number of carbonyl (C=O) groups excluding carboxylic acids is 1. The topological polar surface area (TPSA) is 90.7 Å². The summed E-state index contributed by atoms with van der Waals surface area (Å²) in [5.74, 6) is 2.08. The summed E-state index contributed by atoms with van der Waals surface area (Å²) < 4.78 is 2.19. The Labute approximate surface area is 239 Å². The van der Waals surface area contributed by atoms with E-state index in [0.29, 0.717) is 24.1 Å². The van der Waals surface area contributed by atoms with Gasteiger partial charge in [-0.2, -0.15) is 0 Å². The number of amides is 1. The number of likely N-dealkylation sites (N-methyl/N-ethyl adjacent to an activating group) is 1. The number of piperazine rings is 1. The van der Waals surface area contributed by atoms with Gasteiger partial charge in [-0.25, -0.2) is 15.0 Å². The molecule has 0 bridgehead atoms. The first-order valence-corrected chi connectivity index (χ1v) is 14.4. The van der Waals surface area contributed by atoms with Crippen molar-refractivity contribution in [3.05, 3.63) is 77.5 Å². The molecule has 208 valence electrons. The Morgan fingerprint density at radius 1 is 0.975 bits per heavy atom. The molecule has 0 atom stereocenters. The fourth-order valence-corrected chi connectivity index (χ4v) is 5.00. The largest absolute Gasteiger partial charge is 0.366 e. The van der Waals surface area contributed by atoms with Crippen molar-refractivity contribution in [1.29, 1.82) is 0 Å². The van der Waals surface area contributed by atoms with Crippen LogP contribution in [0.2, 0.25) is 5.02 Å². The van der Waals surface area contributed by atoms with Gasteiger partial charge in [-0.05, 0) is 62.4 Å². The SMILES string of the molecule is CN1CCN(c2cc(C3CC3)cn3cc(CNc4cc(NC(=O)C5CC5)ncn4)nc23)CC1.Clc1ccccc1. The van der Waals surface area contributed by atoms with E-state index in [9.17, 15) is 4.79 Å². The van der Waals surface area contributed by atoms with Crippen molar-refractivity contribution in [3.8, 4) is 0 Å². The molecule has 3 aromatic heterocycles. The molecule has 0 spiro atoms. The molecule has 1 amide bonds. The zero-order chi connectivity index (χ0) is 27.5. The number of aromatic nitrogens is 4. The van der Waals surface area contributed by atoms with Gasteiger partial charge in [0.15, 0.2) is 5.65 Å². The Bertz CT molecular complexity index is 1460. The first-order chi connectivity index (χ1) is 19.5. The van der Waals surface area contributed by atoms with Gasteiger partial charge >= 0.3 is 0 Å². The molecule has 2 saturated carbocycles. The van der Waals surface area contributed by atoms with E-state index in [1.165, 1.54) is 30.4 Å². The summed E-state index contributed by atoms with van der Waals surface area (Å²) in [6, 6.07) is 13.6. The van der Waals surface area contributed by atoms with Crippen LogP contribution in [-0.2, 0) is 11.3 Å². The summed E-state index contributed by atoms with van der Waals surface area (Å²) >= 11 is 5.54. The van der Waals surface area contributed by atoms with Crippen molar-refractivity contribution in [2.75, 3.05) is 48.8 Å². The van der Waals surface area contributed by atoms with Gasteiger partial charge in [0.25, 0.3) is 0 Å². The highest BCUT2D eigenvalue weighted by Crippen LogP contribution is 2.42. The summed E-state index contributed by atoms with van der Waals surface area (Å²) in [5.41, 5.74) is 4.63. The molecule has 10 heteroatoms. The number of nitrogens with one attached hydrogen (secondary N) is 2. The van der Waals surface area contributed by atoms with Gasteiger partial charge in [-0.15, -0.1) is 0 Å². The van der Waals surface area contributed by atoms with E-state index in [-0.39, 0.29) is 11.8 Å². The lowest BCUT2D eigenvalue weighted by Crippen LogP contribution is -2.44. The summed E-state index contributed by atoms with van der Waals surface area (Å²) in [7, 11) is 2.18. The first kappa shape index (κ1) is 26.5. The number of hydrogen-bond acceptors (Lipinski definition) is 7. The molecule has 7 rings (SSSR count). The van der Waals surface area contributed by atoms with Crippen LogP contribution in [0.1, 0.15) is 42.9 Å². The maximum absolute atomic E-state index is 12.0. The molecule has 1 saturated heterocycles. The fourth-order valence-electron chi connectivity index (χ4n) is 4.85. The molecule has 1 aliphatic heterocycles. The number of benzene rings is 1. The number of halogens is 1. The minimum Gasteiger partial charge on any atom is -0.366 e.